The molecule has 0 radical (unpaired) electrons. The van der Waals surface area contributed by atoms with Crippen molar-refractivity contribution in [3.05, 3.63) is 56.2 Å². The fourth-order valence-electron chi connectivity index (χ4n) is 1.97. The second-order valence-electron chi connectivity index (χ2n) is 4.81. The van der Waals surface area contributed by atoms with Gasteiger partial charge in [-0.15, -0.1) is 11.3 Å². The SMILES string of the molecule is O=C(CCc1ccc(C(=O)O)cc1)NCCc1ccc(Br)s1. The second kappa shape index (κ2) is 8.10. The first-order chi connectivity index (χ1) is 10.5. The molecule has 2 N–H and O–H groups in total. The number of carboxylic acid groups (broad SMARTS) is 1. The van der Waals surface area contributed by atoms with E-state index in [4.69, 9.17) is 5.11 Å². The summed E-state index contributed by atoms with van der Waals surface area (Å²) in [4.78, 5) is 23.8. The molecular formula is C16H16BrNO3S. The van der Waals surface area contributed by atoms with Gasteiger partial charge in [-0.05, 0) is 58.6 Å². The molecule has 2 aromatic rings. The number of carbonyl (C=O) groups excluding carboxylic acids is 1. The van der Waals surface area contributed by atoms with Crippen LogP contribution in [0.5, 0.6) is 0 Å². The molecule has 0 saturated heterocycles. The summed E-state index contributed by atoms with van der Waals surface area (Å²) in [5, 5.41) is 11.7. The molecule has 0 fully saturated rings. The third-order valence-electron chi connectivity index (χ3n) is 3.16. The minimum atomic E-state index is -0.940. The fourth-order valence-corrected chi connectivity index (χ4v) is 3.45. The molecular weight excluding hydrogens is 366 g/mol. The summed E-state index contributed by atoms with van der Waals surface area (Å²) >= 11 is 5.08. The van der Waals surface area contributed by atoms with Gasteiger partial charge in [-0.3, -0.25) is 4.79 Å². The number of rotatable bonds is 7. The average Bonchev–Trinajstić information content (AvgIpc) is 2.91. The maximum Gasteiger partial charge on any atom is 0.335 e. The van der Waals surface area contributed by atoms with Crippen LogP contribution in [0.1, 0.15) is 27.2 Å². The Balaban J connectivity index is 1.69. The van der Waals surface area contributed by atoms with Gasteiger partial charge in [0.25, 0.3) is 0 Å². The van der Waals surface area contributed by atoms with Crippen molar-refractivity contribution in [1.82, 2.24) is 5.32 Å². The normalized spacial score (nSPS) is 10.4. The van der Waals surface area contributed by atoms with Crippen molar-refractivity contribution in [3.8, 4) is 0 Å². The highest BCUT2D eigenvalue weighted by Gasteiger charge is 2.05. The Morgan fingerprint density at radius 3 is 2.41 bits per heavy atom. The van der Waals surface area contributed by atoms with Crippen LogP contribution >= 0.6 is 27.3 Å². The predicted octanol–water partition coefficient (Wildman–Crippen LogP) is 3.50. The van der Waals surface area contributed by atoms with Gasteiger partial charge in [-0.2, -0.15) is 0 Å². The number of hydrogen-bond donors (Lipinski definition) is 2. The lowest BCUT2D eigenvalue weighted by atomic mass is 10.1. The number of halogens is 1. The summed E-state index contributed by atoms with van der Waals surface area (Å²) in [5.41, 5.74) is 1.22. The molecule has 116 valence electrons. The highest BCUT2D eigenvalue weighted by molar-refractivity contribution is 9.11. The Morgan fingerprint density at radius 1 is 1.09 bits per heavy atom. The lowest BCUT2D eigenvalue weighted by Gasteiger charge is -2.05. The smallest absolute Gasteiger partial charge is 0.335 e. The summed E-state index contributed by atoms with van der Waals surface area (Å²) in [6.07, 6.45) is 1.84. The van der Waals surface area contributed by atoms with Crippen LogP contribution in [0, 0.1) is 0 Å². The van der Waals surface area contributed by atoms with E-state index >= 15 is 0 Å². The van der Waals surface area contributed by atoms with E-state index in [-0.39, 0.29) is 11.5 Å². The summed E-state index contributed by atoms with van der Waals surface area (Å²) in [6, 6.07) is 10.7. The number of benzene rings is 1. The monoisotopic (exact) mass is 381 g/mol. The number of carboxylic acids is 1. The predicted molar refractivity (Wildman–Crippen MR) is 90.5 cm³/mol. The Bertz CT molecular complexity index is 652. The molecule has 0 unspecified atom stereocenters. The van der Waals surface area contributed by atoms with E-state index in [2.05, 4.69) is 21.2 Å². The molecule has 0 saturated carbocycles. The third kappa shape index (κ3) is 5.27. The second-order valence-corrected chi connectivity index (χ2v) is 7.36. The molecule has 0 bridgehead atoms. The van der Waals surface area contributed by atoms with Crippen LogP contribution in [0.4, 0.5) is 0 Å². The van der Waals surface area contributed by atoms with Crippen molar-refractivity contribution >= 4 is 39.1 Å². The van der Waals surface area contributed by atoms with E-state index in [1.54, 1.807) is 35.6 Å². The van der Waals surface area contributed by atoms with E-state index in [1.807, 2.05) is 12.1 Å². The molecule has 22 heavy (non-hydrogen) atoms. The Morgan fingerprint density at radius 2 is 1.82 bits per heavy atom. The van der Waals surface area contributed by atoms with Gasteiger partial charge in [0.05, 0.1) is 9.35 Å². The van der Waals surface area contributed by atoms with Gasteiger partial charge in [0, 0.05) is 17.8 Å². The van der Waals surface area contributed by atoms with Crippen LogP contribution in [0.2, 0.25) is 0 Å². The summed E-state index contributed by atoms with van der Waals surface area (Å²) in [6.45, 7) is 0.629. The summed E-state index contributed by atoms with van der Waals surface area (Å²) in [5.74, 6) is -0.928. The van der Waals surface area contributed by atoms with E-state index in [0.29, 0.717) is 19.4 Å². The van der Waals surface area contributed by atoms with Crippen LogP contribution < -0.4 is 5.32 Å². The number of carbonyl (C=O) groups is 2. The van der Waals surface area contributed by atoms with Crippen LogP contribution in [-0.2, 0) is 17.6 Å². The van der Waals surface area contributed by atoms with Crippen molar-refractivity contribution in [2.45, 2.75) is 19.3 Å². The zero-order valence-corrected chi connectivity index (χ0v) is 14.2. The fraction of sp³-hybridized carbons (Fsp3) is 0.250. The molecule has 0 aliphatic rings. The zero-order chi connectivity index (χ0) is 15.9. The van der Waals surface area contributed by atoms with Crippen molar-refractivity contribution in [3.63, 3.8) is 0 Å². The number of thiophene rings is 1. The maximum absolute atomic E-state index is 11.8. The van der Waals surface area contributed by atoms with Crippen LogP contribution in [0.25, 0.3) is 0 Å². The minimum absolute atomic E-state index is 0.0120. The van der Waals surface area contributed by atoms with Gasteiger partial charge in [0.15, 0.2) is 0 Å². The quantitative estimate of drug-likeness (QED) is 0.770. The lowest BCUT2D eigenvalue weighted by molar-refractivity contribution is -0.121. The van der Waals surface area contributed by atoms with Gasteiger partial charge in [0.1, 0.15) is 0 Å². The summed E-state index contributed by atoms with van der Waals surface area (Å²) in [7, 11) is 0. The van der Waals surface area contributed by atoms with Crippen molar-refractivity contribution in [1.29, 1.82) is 0 Å². The molecule has 1 aromatic carbocycles. The Labute approximate surface area is 141 Å². The standard InChI is InChI=1S/C16H16BrNO3S/c17-14-7-6-13(22-14)9-10-18-15(19)8-3-11-1-4-12(5-2-11)16(20)21/h1-2,4-7H,3,8-10H2,(H,18,19)(H,20,21). The van der Waals surface area contributed by atoms with Gasteiger partial charge in [0.2, 0.25) is 5.91 Å². The number of amides is 1. The van der Waals surface area contributed by atoms with Crippen molar-refractivity contribution < 1.29 is 14.7 Å². The maximum atomic E-state index is 11.8. The van der Waals surface area contributed by atoms with E-state index in [1.165, 1.54) is 4.88 Å². The highest BCUT2D eigenvalue weighted by Crippen LogP contribution is 2.22. The first-order valence-electron chi connectivity index (χ1n) is 6.88. The van der Waals surface area contributed by atoms with Gasteiger partial charge in [-0.25, -0.2) is 4.79 Å². The topological polar surface area (TPSA) is 66.4 Å². The van der Waals surface area contributed by atoms with Crippen molar-refractivity contribution in [2.75, 3.05) is 6.54 Å². The largest absolute Gasteiger partial charge is 0.478 e. The highest BCUT2D eigenvalue weighted by atomic mass is 79.9. The van der Waals surface area contributed by atoms with Gasteiger partial charge < -0.3 is 10.4 Å². The van der Waals surface area contributed by atoms with Crippen LogP contribution in [0.3, 0.4) is 0 Å². The van der Waals surface area contributed by atoms with Crippen LogP contribution in [0.15, 0.2) is 40.2 Å². The first kappa shape index (κ1) is 16.7. The number of aromatic carboxylic acids is 1. The van der Waals surface area contributed by atoms with E-state index in [0.717, 1.165) is 15.8 Å². The Hall–Kier alpha value is -1.66. The molecule has 0 spiro atoms. The molecule has 2 rings (SSSR count). The first-order valence-corrected chi connectivity index (χ1v) is 8.48. The molecule has 4 nitrogen and oxygen atoms in total. The van der Waals surface area contributed by atoms with E-state index in [9.17, 15) is 9.59 Å². The number of aryl methyl sites for hydroxylation is 1. The van der Waals surface area contributed by atoms with Gasteiger partial charge in [-0.1, -0.05) is 12.1 Å². The number of hydrogen-bond acceptors (Lipinski definition) is 3. The summed E-state index contributed by atoms with van der Waals surface area (Å²) < 4.78 is 1.10. The molecule has 1 amide bonds. The van der Waals surface area contributed by atoms with Crippen LogP contribution in [-0.4, -0.2) is 23.5 Å². The molecule has 0 aliphatic heterocycles. The minimum Gasteiger partial charge on any atom is -0.478 e. The van der Waals surface area contributed by atoms with Crippen molar-refractivity contribution in [2.24, 2.45) is 0 Å². The van der Waals surface area contributed by atoms with E-state index < -0.39 is 5.97 Å². The molecule has 0 aliphatic carbocycles. The number of nitrogens with one attached hydrogen (secondary N) is 1. The molecule has 1 heterocycles. The third-order valence-corrected chi connectivity index (χ3v) is 4.85. The molecule has 6 heteroatoms. The van der Waals surface area contributed by atoms with Gasteiger partial charge >= 0.3 is 5.97 Å². The molecule has 1 aromatic heterocycles. The Kier molecular flexibility index (Phi) is 6.15. The zero-order valence-electron chi connectivity index (χ0n) is 11.8. The lowest BCUT2D eigenvalue weighted by Crippen LogP contribution is -2.25. The average molecular weight is 382 g/mol. The molecule has 0 atom stereocenters.